The van der Waals surface area contributed by atoms with Crippen LogP contribution in [0.25, 0.3) is 11.0 Å². The summed E-state index contributed by atoms with van der Waals surface area (Å²) < 4.78 is 2.32. The highest BCUT2D eigenvalue weighted by molar-refractivity contribution is 9.10. The first-order chi connectivity index (χ1) is 17.9. The molecule has 0 unspecified atom stereocenters. The molecule has 2 amide bonds. The predicted octanol–water partition coefficient (Wildman–Crippen LogP) is 4.44. The summed E-state index contributed by atoms with van der Waals surface area (Å²) in [5.41, 5.74) is 2.22. The Balaban J connectivity index is 1.58. The van der Waals surface area contributed by atoms with Crippen LogP contribution in [0.5, 0.6) is 11.5 Å². The summed E-state index contributed by atoms with van der Waals surface area (Å²) in [5, 5.41) is 31.5. The first kappa shape index (κ1) is 24.8. The van der Waals surface area contributed by atoms with E-state index < -0.39 is 11.9 Å². The molecule has 0 saturated heterocycles. The van der Waals surface area contributed by atoms with Crippen molar-refractivity contribution in [3.63, 3.8) is 0 Å². The van der Waals surface area contributed by atoms with Gasteiger partial charge in [0.1, 0.15) is 18.1 Å². The lowest BCUT2D eigenvalue weighted by molar-refractivity contribution is -0.127. The number of para-hydroxylation sites is 1. The molecule has 1 atom stereocenters. The maximum atomic E-state index is 14.0. The van der Waals surface area contributed by atoms with Crippen molar-refractivity contribution in [1.29, 1.82) is 0 Å². The van der Waals surface area contributed by atoms with Gasteiger partial charge in [-0.05, 0) is 66.9 Å². The quantitative estimate of drug-likeness (QED) is 0.286. The third kappa shape index (κ3) is 5.29. The second-order valence-corrected chi connectivity index (χ2v) is 10.0. The van der Waals surface area contributed by atoms with Gasteiger partial charge >= 0.3 is 0 Å². The molecule has 1 saturated carbocycles. The van der Waals surface area contributed by atoms with Crippen LogP contribution in [0, 0.1) is 0 Å². The van der Waals surface area contributed by atoms with Crippen molar-refractivity contribution >= 4 is 44.5 Å². The Hall–Kier alpha value is -3.92. The molecule has 1 aliphatic rings. The summed E-state index contributed by atoms with van der Waals surface area (Å²) in [6.45, 7) is -0.159. The summed E-state index contributed by atoms with van der Waals surface area (Å²) in [4.78, 5) is 29.2. The number of nitrogens with one attached hydrogen (secondary N) is 1. The minimum atomic E-state index is -1.10. The minimum Gasteiger partial charge on any atom is -0.504 e. The van der Waals surface area contributed by atoms with Crippen LogP contribution in [0.15, 0.2) is 71.2 Å². The van der Waals surface area contributed by atoms with E-state index in [-0.39, 0.29) is 30.0 Å². The molecule has 5 rings (SSSR count). The van der Waals surface area contributed by atoms with Gasteiger partial charge in [0, 0.05) is 16.2 Å². The number of phenols is 2. The number of anilines is 1. The van der Waals surface area contributed by atoms with Gasteiger partial charge in [0.2, 0.25) is 11.8 Å². The molecule has 3 N–H and O–H groups in total. The van der Waals surface area contributed by atoms with Crippen molar-refractivity contribution in [3.05, 3.63) is 76.8 Å². The summed E-state index contributed by atoms with van der Waals surface area (Å²) in [5.74, 6) is -1.44. The molecule has 9 nitrogen and oxygen atoms in total. The Morgan fingerprint density at radius 1 is 1.03 bits per heavy atom. The summed E-state index contributed by atoms with van der Waals surface area (Å²) in [7, 11) is 0. The molecule has 1 fully saturated rings. The number of hydrogen-bond donors (Lipinski definition) is 3. The lowest BCUT2D eigenvalue weighted by atomic mass is 10.0. The van der Waals surface area contributed by atoms with Gasteiger partial charge in [-0.25, -0.2) is 4.68 Å². The zero-order chi connectivity index (χ0) is 25.9. The average molecular weight is 564 g/mol. The number of halogens is 1. The van der Waals surface area contributed by atoms with E-state index in [4.69, 9.17) is 0 Å². The molecule has 0 aliphatic heterocycles. The molecule has 0 bridgehead atoms. The van der Waals surface area contributed by atoms with E-state index >= 15 is 0 Å². The molecular formula is C27H26BrN5O4. The second kappa shape index (κ2) is 10.6. The van der Waals surface area contributed by atoms with E-state index in [0.29, 0.717) is 22.3 Å². The summed E-state index contributed by atoms with van der Waals surface area (Å²) in [6, 6.07) is 17.5. The Morgan fingerprint density at radius 3 is 2.49 bits per heavy atom. The molecule has 1 aromatic heterocycles. The van der Waals surface area contributed by atoms with E-state index in [1.165, 1.54) is 27.8 Å². The van der Waals surface area contributed by atoms with Crippen molar-refractivity contribution in [2.45, 2.75) is 44.3 Å². The van der Waals surface area contributed by atoms with Gasteiger partial charge in [-0.15, -0.1) is 5.10 Å². The predicted molar refractivity (Wildman–Crippen MR) is 142 cm³/mol. The van der Waals surface area contributed by atoms with E-state index in [1.807, 2.05) is 24.3 Å². The molecule has 0 spiro atoms. The van der Waals surface area contributed by atoms with Crippen molar-refractivity contribution < 1.29 is 19.8 Å². The Morgan fingerprint density at radius 2 is 1.76 bits per heavy atom. The van der Waals surface area contributed by atoms with E-state index in [1.54, 1.807) is 24.3 Å². The van der Waals surface area contributed by atoms with Crippen LogP contribution in [0.2, 0.25) is 0 Å². The lowest BCUT2D eigenvalue weighted by Gasteiger charge is -2.32. The van der Waals surface area contributed by atoms with Gasteiger partial charge in [-0.2, -0.15) is 0 Å². The monoisotopic (exact) mass is 563 g/mol. The molecule has 190 valence electrons. The smallest absolute Gasteiger partial charge is 0.249 e. The maximum absolute atomic E-state index is 14.0. The number of carbonyl (C=O) groups excluding carboxylic acids is 2. The van der Waals surface area contributed by atoms with Crippen LogP contribution >= 0.6 is 15.9 Å². The molecule has 37 heavy (non-hydrogen) atoms. The number of hydrogen-bond acceptors (Lipinski definition) is 6. The van der Waals surface area contributed by atoms with Crippen molar-refractivity contribution in [2.75, 3.05) is 4.90 Å². The summed E-state index contributed by atoms with van der Waals surface area (Å²) in [6.07, 6.45) is 3.81. The van der Waals surface area contributed by atoms with Crippen LogP contribution < -0.4 is 10.2 Å². The van der Waals surface area contributed by atoms with Crippen molar-refractivity contribution in [3.8, 4) is 11.5 Å². The third-order valence-electron chi connectivity index (χ3n) is 6.60. The lowest BCUT2D eigenvalue weighted by Crippen LogP contribution is -2.47. The molecule has 1 heterocycles. The van der Waals surface area contributed by atoms with E-state index in [0.717, 1.165) is 30.2 Å². The normalized spacial score (nSPS) is 14.5. The fourth-order valence-electron chi connectivity index (χ4n) is 4.76. The van der Waals surface area contributed by atoms with Crippen molar-refractivity contribution in [2.24, 2.45) is 0 Å². The fraction of sp³-hybridized carbons (Fsp3) is 0.259. The summed E-state index contributed by atoms with van der Waals surface area (Å²) >= 11 is 3.43. The van der Waals surface area contributed by atoms with Gasteiger partial charge in [0.25, 0.3) is 0 Å². The number of fused-ring (bicyclic) bond motifs is 1. The number of aromatic nitrogens is 3. The number of aromatic hydroxyl groups is 2. The van der Waals surface area contributed by atoms with E-state index in [9.17, 15) is 19.8 Å². The topological polar surface area (TPSA) is 121 Å². The molecule has 0 radical (unpaired) electrons. The third-order valence-corrected chi connectivity index (χ3v) is 7.13. The van der Waals surface area contributed by atoms with Gasteiger partial charge < -0.3 is 15.5 Å². The standard InChI is InChI=1S/C27H26BrN5O4/c28-18-10-12-20(13-11-18)33(25(36)16-32-22-8-4-3-7-21(22)30-31-32)26(17-9-14-23(34)24(35)15-17)27(37)29-19-5-1-2-6-19/h3-4,7-15,19,26,34-35H,1-2,5-6,16H2,(H,29,37)/t26-/m0/s1. The Kier molecular flexibility index (Phi) is 7.09. The number of nitrogens with zero attached hydrogens (tertiary/aromatic N) is 4. The Bertz CT molecular complexity index is 1430. The van der Waals surface area contributed by atoms with Gasteiger partial charge in [0.05, 0.1) is 5.52 Å². The number of rotatable bonds is 7. The van der Waals surface area contributed by atoms with Crippen molar-refractivity contribution in [1.82, 2.24) is 20.3 Å². The van der Waals surface area contributed by atoms with Crippen LogP contribution in [-0.2, 0) is 16.1 Å². The largest absolute Gasteiger partial charge is 0.504 e. The molecule has 3 aromatic carbocycles. The maximum Gasteiger partial charge on any atom is 0.249 e. The zero-order valence-electron chi connectivity index (χ0n) is 19.9. The molecule has 1 aliphatic carbocycles. The highest BCUT2D eigenvalue weighted by atomic mass is 79.9. The van der Waals surface area contributed by atoms with Gasteiger partial charge in [-0.1, -0.05) is 52.2 Å². The zero-order valence-corrected chi connectivity index (χ0v) is 21.5. The first-order valence-corrected chi connectivity index (χ1v) is 12.9. The Labute approximate surface area is 221 Å². The van der Waals surface area contributed by atoms with Crippen LogP contribution in [-0.4, -0.2) is 43.1 Å². The average Bonchev–Trinajstić information content (AvgIpc) is 3.55. The second-order valence-electron chi connectivity index (χ2n) is 9.12. The number of phenolic OH excluding ortho intramolecular Hbond substituents is 2. The number of amides is 2. The van der Waals surface area contributed by atoms with Gasteiger partial charge in [0.15, 0.2) is 11.5 Å². The van der Waals surface area contributed by atoms with Crippen LogP contribution in [0.3, 0.4) is 0 Å². The minimum absolute atomic E-state index is 0.0156. The van der Waals surface area contributed by atoms with Crippen LogP contribution in [0.1, 0.15) is 37.3 Å². The molecule has 4 aromatic rings. The highest BCUT2D eigenvalue weighted by Gasteiger charge is 2.35. The molecular weight excluding hydrogens is 538 g/mol. The molecule has 10 heteroatoms. The highest BCUT2D eigenvalue weighted by Crippen LogP contribution is 2.34. The van der Waals surface area contributed by atoms with Crippen LogP contribution in [0.4, 0.5) is 5.69 Å². The van der Waals surface area contributed by atoms with E-state index in [2.05, 4.69) is 31.6 Å². The van der Waals surface area contributed by atoms with Gasteiger partial charge in [-0.3, -0.25) is 14.5 Å². The first-order valence-electron chi connectivity index (χ1n) is 12.1. The number of benzene rings is 3. The fourth-order valence-corrected chi connectivity index (χ4v) is 5.02. The SMILES string of the molecule is O=C(NC1CCCC1)[C@H](c1ccc(O)c(O)c1)N(C(=O)Cn1nnc2ccccc21)c1ccc(Br)cc1. The number of carbonyl (C=O) groups is 2.